The van der Waals surface area contributed by atoms with Gasteiger partial charge in [0.1, 0.15) is 11.7 Å². The van der Waals surface area contributed by atoms with Gasteiger partial charge in [0.15, 0.2) is 0 Å². The Bertz CT molecular complexity index is 818. The van der Waals surface area contributed by atoms with Crippen LogP contribution in [0, 0.1) is 12.8 Å². The second kappa shape index (κ2) is 7.17. The van der Waals surface area contributed by atoms with Gasteiger partial charge in [-0.2, -0.15) is 5.10 Å². The molecule has 3 rings (SSSR count). The maximum absolute atomic E-state index is 12.4. The maximum Gasteiger partial charge on any atom is 0.253 e. The van der Waals surface area contributed by atoms with Crippen LogP contribution in [0.3, 0.4) is 0 Å². The number of nitrogens with one attached hydrogen (secondary N) is 2. The van der Waals surface area contributed by atoms with Crippen molar-refractivity contribution < 1.29 is 14.7 Å². The predicted molar refractivity (Wildman–Crippen MR) is 94.3 cm³/mol. The number of aryl methyl sites for hydroxylation is 1. The van der Waals surface area contributed by atoms with Crippen molar-refractivity contribution in [3.8, 4) is 5.75 Å². The number of hydrogen-bond donors (Lipinski definition) is 3. The van der Waals surface area contributed by atoms with Crippen molar-refractivity contribution in [3.05, 3.63) is 65.2 Å². The molecule has 0 bridgehead atoms. The van der Waals surface area contributed by atoms with E-state index in [0.29, 0.717) is 12.1 Å². The number of phenols is 1. The highest BCUT2D eigenvalue weighted by Gasteiger charge is 2.40. The Labute approximate surface area is 145 Å². The van der Waals surface area contributed by atoms with Gasteiger partial charge in [-0.3, -0.25) is 9.59 Å². The van der Waals surface area contributed by atoms with Gasteiger partial charge in [0.2, 0.25) is 5.91 Å². The van der Waals surface area contributed by atoms with E-state index in [9.17, 15) is 14.7 Å². The molecule has 0 radical (unpaired) electrons. The molecule has 3 N–H and O–H groups in total. The van der Waals surface area contributed by atoms with Crippen LogP contribution in [0.1, 0.15) is 22.6 Å². The van der Waals surface area contributed by atoms with Gasteiger partial charge in [-0.05, 0) is 24.6 Å². The van der Waals surface area contributed by atoms with Crippen molar-refractivity contribution in [2.24, 2.45) is 11.0 Å². The third kappa shape index (κ3) is 3.68. The summed E-state index contributed by atoms with van der Waals surface area (Å²) in [6, 6.07) is 14.5. The zero-order chi connectivity index (χ0) is 17.8. The van der Waals surface area contributed by atoms with Crippen molar-refractivity contribution in [2.75, 3.05) is 6.54 Å². The van der Waals surface area contributed by atoms with Gasteiger partial charge in [0.25, 0.3) is 5.91 Å². The molecular weight excluding hydrogens is 318 g/mol. The van der Waals surface area contributed by atoms with E-state index < -0.39 is 11.8 Å². The largest absolute Gasteiger partial charge is 0.507 e. The minimum absolute atomic E-state index is 0.0735. The fourth-order valence-corrected chi connectivity index (χ4v) is 2.95. The van der Waals surface area contributed by atoms with Gasteiger partial charge < -0.3 is 10.4 Å². The summed E-state index contributed by atoms with van der Waals surface area (Å²) in [5.41, 5.74) is 4.80. The Morgan fingerprint density at radius 2 is 2.04 bits per heavy atom. The molecule has 1 saturated heterocycles. The Balaban J connectivity index is 1.72. The summed E-state index contributed by atoms with van der Waals surface area (Å²) in [4.78, 5) is 24.5. The second-order valence-corrected chi connectivity index (χ2v) is 6.04. The van der Waals surface area contributed by atoms with Crippen LogP contribution >= 0.6 is 0 Å². The molecule has 2 aromatic carbocycles. The number of phenolic OH excluding ortho intramolecular Hbond substituents is 1. The molecule has 0 spiro atoms. The molecule has 0 saturated carbocycles. The van der Waals surface area contributed by atoms with Crippen LogP contribution < -0.4 is 10.7 Å². The lowest BCUT2D eigenvalue weighted by Gasteiger charge is -2.15. The van der Waals surface area contributed by atoms with E-state index in [1.54, 1.807) is 18.2 Å². The van der Waals surface area contributed by atoms with E-state index in [2.05, 4.69) is 15.8 Å². The quantitative estimate of drug-likeness (QED) is 0.450. The van der Waals surface area contributed by atoms with Crippen molar-refractivity contribution in [3.63, 3.8) is 0 Å². The number of nitrogens with zero attached hydrogens (tertiary/aromatic N) is 1. The highest BCUT2D eigenvalue weighted by atomic mass is 16.3. The van der Waals surface area contributed by atoms with E-state index >= 15 is 0 Å². The fourth-order valence-electron chi connectivity index (χ4n) is 2.95. The summed E-state index contributed by atoms with van der Waals surface area (Å²) < 4.78 is 0. The van der Waals surface area contributed by atoms with Crippen molar-refractivity contribution >= 4 is 18.0 Å². The summed E-state index contributed by atoms with van der Waals surface area (Å²) >= 11 is 0. The highest BCUT2D eigenvalue weighted by Crippen LogP contribution is 2.29. The molecule has 1 heterocycles. The molecule has 128 valence electrons. The van der Waals surface area contributed by atoms with Gasteiger partial charge in [-0.25, -0.2) is 5.43 Å². The van der Waals surface area contributed by atoms with Crippen molar-refractivity contribution in [1.29, 1.82) is 0 Å². The molecule has 2 aromatic rings. The van der Waals surface area contributed by atoms with Crippen LogP contribution in [0.15, 0.2) is 53.6 Å². The fraction of sp³-hybridized carbons (Fsp3) is 0.211. The second-order valence-electron chi connectivity index (χ2n) is 6.04. The summed E-state index contributed by atoms with van der Waals surface area (Å²) in [5, 5.41) is 16.4. The average Bonchev–Trinajstić information content (AvgIpc) is 3.00. The molecule has 1 aliphatic rings. The van der Waals surface area contributed by atoms with Crippen LogP contribution in [0.5, 0.6) is 5.75 Å². The summed E-state index contributed by atoms with van der Waals surface area (Å²) in [5.74, 6) is -1.75. The standard InChI is InChI=1S/C19H19N3O3/c1-12-7-8-16(23)14(9-12)10-21-22-19(25)17-15(11-20-18(17)24)13-5-3-2-4-6-13/h2-10,15,17,23H,11H2,1H3,(H,20,24)(H,22,25)/b21-10+/t15-,17+/m0/s1. The molecule has 6 nitrogen and oxygen atoms in total. The maximum atomic E-state index is 12.4. The van der Waals surface area contributed by atoms with Gasteiger partial charge in [-0.15, -0.1) is 0 Å². The van der Waals surface area contributed by atoms with E-state index in [1.165, 1.54) is 6.21 Å². The number of carbonyl (C=O) groups is 2. The zero-order valence-electron chi connectivity index (χ0n) is 13.8. The van der Waals surface area contributed by atoms with E-state index in [0.717, 1.165) is 11.1 Å². The van der Waals surface area contributed by atoms with Crippen LogP contribution in [-0.4, -0.2) is 29.7 Å². The first-order valence-electron chi connectivity index (χ1n) is 8.01. The monoisotopic (exact) mass is 337 g/mol. The van der Waals surface area contributed by atoms with E-state index in [1.807, 2.05) is 37.3 Å². The number of rotatable bonds is 4. The molecule has 2 amide bonds. The van der Waals surface area contributed by atoms with Crippen LogP contribution in [0.2, 0.25) is 0 Å². The van der Waals surface area contributed by atoms with Gasteiger partial charge >= 0.3 is 0 Å². The molecule has 0 unspecified atom stereocenters. The lowest BCUT2D eigenvalue weighted by molar-refractivity contribution is -0.133. The molecule has 6 heteroatoms. The molecular formula is C19H19N3O3. The third-order valence-corrected chi connectivity index (χ3v) is 4.25. The first kappa shape index (κ1) is 16.7. The van der Waals surface area contributed by atoms with Gasteiger partial charge in [0, 0.05) is 18.0 Å². The summed E-state index contributed by atoms with van der Waals surface area (Å²) in [6.45, 7) is 2.31. The lowest BCUT2D eigenvalue weighted by atomic mass is 9.88. The molecule has 1 aliphatic heterocycles. The Hall–Kier alpha value is -3.15. The van der Waals surface area contributed by atoms with E-state index in [-0.39, 0.29) is 17.6 Å². The number of benzene rings is 2. The Morgan fingerprint density at radius 3 is 2.80 bits per heavy atom. The van der Waals surface area contributed by atoms with Crippen LogP contribution in [0.4, 0.5) is 0 Å². The van der Waals surface area contributed by atoms with Crippen molar-refractivity contribution in [2.45, 2.75) is 12.8 Å². The predicted octanol–water partition coefficient (Wildman–Crippen LogP) is 1.68. The molecule has 1 fully saturated rings. The lowest BCUT2D eigenvalue weighted by Crippen LogP contribution is -2.34. The van der Waals surface area contributed by atoms with Gasteiger partial charge in [0.05, 0.1) is 6.21 Å². The average molecular weight is 337 g/mol. The molecule has 25 heavy (non-hydrogen) atoms. The van der Waals surface area contributed by atoms with E-state index in [4.69, 9.17) is 0 Å². The zero-order valence-corrected chi connectivity index (χ0v) is 13.8. The number of amides is 2. The molecule has 0 aromatic heterocycles. The first-order valence-corrected chi connectivity index (χ1v) is 8.01. The third-order valence-electron chi connectivity index (χ3n) is 4.25. The number of hydrazone groups is 1. The smallest absolute Gasteiger partial charge is 0.253 e. The number of aromatic hydroxyl groups is 1. The van der Waals surface area contributed by atoms with Gasteiger partial charge in [-0.1, -0.05) is 42.0 Å². The minimum atomic E-state index is -0.828. The molecule has 0 aliphatic carbocycles. The Morgan fingerprint density at radius 1 is 1.28 bits per heavy atom. The topological polar surface area (TPSA) is 90.8 Å². The van der Waals surface area contributed by atoms with Crippen LogP contribution in [-0.2, 0) is 9.59 Å². The highest BCUT2D eigenvalue weighted by molar-refractivity contribution is 6.03. The van der Waals surface area contributed by atoms with Crippen LogP contribution in [0.25, 0.3) is 0 Å². The normalized spacial score (nSPS) is 19.8. The molecule has 2 atom stereocenters. The minimum Gasteiger partial charge on any atom is -0.507 e. The summed E-state index contributed by atoms with van der Waals surface area (Å²) in [6.07, 6.45) is 1.37. The SMILES string of the molecule is Cc1ccc(O)c(/C=N/NC(=O)[C@H]2C(=O)NC[C@H]2c2ccccc2)c1. The number of carbonyl (C=O) groups excluding carboxylic acids is 2. The summed E-state index contributed by atoms with van der Waals surface area (Å²) in [7, 11) is 0. The number of hydrogen-bond acceptors (Lipinski definition) is 4. The van der Waals surface area contributed by atoms with Crippen molar-refractivity contribution in [1.82, 2.24) is 10.7 Å². The Kier molecular flexibility index (Phi) is 4.79. The first-order chi connectivity index (χ1) is 12.1.